The maximum atomic E-state index is 2.28. The maximum Gasteiger partial charge on any atom is 0.0278 e. The van der Waals surface area contributed by atoms with Gasteiger partial charge in [0.2, 0.25) is 0 Å². The average molecular weight is 332 g/mol. The van der Waals surface area contributed by atoms with Crippen LogP contribution in [0.15, 0.2) is 60.7 Å². The van der Waals surface area contributed by atoms with Gasteiger partial charge in [0, 0.05) is 5.92 Å². The summed E-state index contributed by atoms with van der Waals surface area (Å²) in [4.78, 5) is 2.00. The second kappa shape index (κ2) is 8.03. The molecule has 3 rings (SSSR count). The lowest BCUT2D eigenvalue weighted by atomic mass is 9.93. The van der Waals surface area contributed by atoms with Crippen molar-refractivity contribution < 1.29 is 0 Å². The summed E-state index contributed by atoms with van der Waals surface area (Å²) < 4.78 is 0. The van der Waals surface area contributed by atoms with Crippen LogP contribution in [0.1, 0.15) is 22.6 Å². The molecule has 0 N–H and O–H groups in total. The van der Waals surface area contributed by atoms with Crippen molar-refractivity contribution in [2.75, 3.05) is 21.1 Å². The van der Waals surface area contributed by atoms with Crippen LogP contribution in [-0.4, -0.2) is 26.0 Å². The summed E-state index contributed by atoms with van der Waals surface area (Å²) >= 11 is 0. The Morgan fingerprint density at radius 2 is 1.35 bits per heavy atom. The van der Waals surface area contributed by atoms with E-state index in [0.29, 0.717) is 5.92 Å². The molecule has 106 valence electrons. The summed E-state index contributed by atoms with van der Waals surface area (Å²) in [5, 5.41) is 0. The van der Waals surface area contributed by atoms with Crippen molar-refractivity contribution in [1.82, 2.24) is 4.90 Å². The quantitative estimate of drug-likeness (QED) is 0.738. The van der Waals surface area contributed by atoms with Gasteiger partial charge in [0.1, 0.15) is 0 Å². The van der Waals surface area contributed by atoms with Gasteiger partial charge in [0.15, 0.2) is 0 Å². The third kappa shape index (κ3) is 4.32. The van der Waals surface area contributed by atoms with Gasteiger partial charge in [-0.3, -0.25) is 0 Å². The molecular formula is C18H22BrN. The number of fused-ring (bicyclic) bond motifs is 1. The Kier molecular flexibility index (Phi) is 6.69. The molecule has 1 aliphatic rings. The van der Waals surface area contributed by atoms with Crippen LogP contribution in [0.4, 0.5) is 0 Å². The maximum absolute atomic E-state index is 2.28. The van der Waals surface area contributed by atoms with Crippen molar-refractivity contribution in [3.05, 3.63) is 77.4 Å². The van der Waals surface area contributed by atoms with Gasteiger partial charge in [-0.2, -0.15) is 0 Å². The number of rotatable bonds is 1. The second-order valence-electron chi connectivity index (χ2n) is 5.22. The lowest BCUT2D eigenvalue weighted by Crippen LogP contribution is -1.99. The Bertz CT molecular complexity index is 544. The normalized spacial score (nSPS) is 15.1. The highest BCUT2D eigenvalue weighted by Crippen LogP contribution is 2.34. The Morgan fingerprint density at radius 3 is 2.00 bits per heavy atom. The molecule has 1 atom stereocenters. The smallest absolute Gasteiger partial charge is 0.0278 e. The van der Waals surface area contributed by atoms with Gasteiger partial charge in [-0.05, 0) is 37.8 Å². The minimum absolute atomic E-state index is 0. The molecular weight excluding hydrogens is 310 g/mol. The molecule has 2 aromatic rings. The molecule has 1 nitrogen and oxygen atoms in total. The highest BCUT2D eigenvalue weighted by molar-refractivity contribution is 8.93. The number of hydrogen-bond donors (Lipinski definition) is 0. The first-order valence-electron chi connectivity index (χ1n) is 6.61. The summed E-state index contributed by atoms with van der Waals surface area (Å²) in [7, 11) is 6.00. The standard InChI is InChI=1S/C15H12.C3H9N.BrH/c1-2-6-12(7-3-1)15-11-10-13-8-4-5-9-14(13)15;1-4(2)3;/h1-11,15H;1-3H3;1H. The van der Waals surface area contributed by atoms with E-state index in [-0.39, 0.29) is 17.0 Å². The van der Waals surface area contributed by atoms with E-state index in [1.807, 2.05) is 26.0 Å². The first kappa shape index (κ1) is 16.7. The van der Waals surface area contributed by atoms with Crippen molar-refractivity contribution in [3.8, 4) is 0 Å². The van der Waals surface area contributed by atoms with Crippen LogP contribution in [-0.2, 0) is 0 Å². The highest BCUT2D eigenvalue weighted by atomic mass is 79.9. The fourth-order valence-electron chi connectivity index (χ4n) is 2.20. The van der Waals surface area contributed by atoms with Crippen LogP contribution in [0.2, 0.25) is 0 Å². The third-order valence-corrected chi connectivity index (χ3v) is 2.96. The van der Waals surface area contributed by atoms with E-state index >= 15 is 0 Å². The van der Waals surface area contributed by atoms with Crippen LogP contribution in [0.3, 0.4) is 0 Å². The van der Waals surface area contributed by atoms with Crippen molar-refractivity contribution >= 4 is 23.1 Å². The predicted octanol–water partition coefficient (Wildman–Crippen LogP) is 4.60. The van der Waals surface area contributed by atoms with Gasteiger partial charge in [0.05, 0.1) is 0 Å². The SMILES string of the molecule is Br.C1=CC(c2ccccc2)c2ccccc21.CN(C)C. The number of hydrogen-bond acceptors (Lipinski definition) is 1. The lowest BCUT2D eigenvalue weighted by molar-refractivity contribution is 0.505. The van der Waals surface area contributed by atoms with Crippen LogP contribution < -0.4 is 0 Å². The Labute approximate surface area is 132 Å². The van der Waals surface area contributed by atoms with Crippen molar-refractivity contribution in [3.63, 3.8) is 0 Å². The molecule has 0 saturated heterocycles. The molecule has 0 radical (unpaired) electrons. The van der Waals surface area contributed by atoms with Crippen LogP contribution in [0.25, 0.3) is 6.08 Å². The van der Waals surface area contributed by atoms with E-state index in [1.165, 1.54) is 16.7 Å². The number of benzene rings is 2. The van der Waals surface area contributed by atoms with Crippen molar-refractivity contribution in [2.24, 2.45) is 0 Å². The first-order chi connectivity index (χ1) is 9.18. The molecule has 0 aliphatic heterocycles. The molecule has 1 unspecified atom stereocenters. The predicted molar refractivity (Wildman–Crippen MR) is 93.7 cm³/mol. The second-order valence-corrected chi connectivity index (χ2v) is 5.22. The highest BCUT2D eigenvalue weighted by Gasteiger charge is 2.17. The monoisotopic (exact) mass is 331 g/mol. The minimum atomic E-state index is 0. The molecule has 0 aromatic heterocycles. The zero-order valence-corrected chi connectivity index (χ0v) is 14.0. The first-order valence-corrected chi connectivity index (χ1v) is 6.61. The molecule has 0 bridgehead atoms. The van der Waals surface area contributed by atoms with Gasteiger partial charge >= 0.3 is 0 Å². The number of halogens is 1. The molecule has 2 heteroatoms. The van der Waals surface area contributed by atoms with E-state index < -0.39 is 0 Å². The molecule has 0 heterocycles. The topological polar surface area (TPSA) is 3.24 Å². The molecule has 20 heavy (non-hydrogen) atoms. The number of nitrogens with zero attached hydrogens (tertiary/aromatic N) is 1. The molecule has 0 fully saturated rings. The molecule has 0 saturated carbocycles. The minimum Gasteiger partial charge on any atom is -0.312 e. The zero-order chi connectivity index (χ0) is 13.7. The van der Waals surface area contributed by atoms with E-state index in [2.05, 4.69) is 66.7 Å². The van der Waals surface area contributed by atoms with E-state index in [0.717, 1.165) is 0 Å². The zero-order valence-electron chi connectivity index (χ0n) is 12.3. The van der Waals surface area contributed by atoms with Gasteiger partial charge in [-0.1, -0.05) is 66.7 Å². The number of allylic oxidation sites excluding steroid dienone is 1. The summed E-state index contributed by atoms with van der Waals surface area (Å²) in [6, 6.07) is 19.2. The van der Waals surface area contributed by atoms with Crippen LogP contribution >= 0.6 is 17.0 Å². The molecule has 0 amide bonds. The summed E-state index contributed by atoms with van der Waals surface area (Å²) in [6.45, 7) is 0. The third-order valence-electron chi connectivity index (χ3n) is 2.96. The Morgan fingerprint density at radius 1 is 0.800 bits per heavy atom. The Balaban J connectivity index is 0.000000359. The fourth-order valence-corrected chi connectivity index (χ4v) is 2.20. The van der Waals surface area contributed by atoms with Gasteiger partial charge in [-0.25, -0.2) is 0 Å². The summed E-state index contributed by atoms with van der Waals surface area (Å²) in [5.41, 5.74) is 4.15. The van der Waals surface area contributed by atoms with E-state index in [4.69, 9.17) is 0 Å². The Hall–Kier alpha value is -1.38. The van der Waals surface area contributed by atoms with Gasteiger partial charge in [-0.15, -0.1) is 17.0 Å². The van der Waals surface area contributed by atoms with Crippen molar-refractivity contribution in [2.45, 2.75) is 5.92 Å². The van der Waals surface area contributed by atoms with E-state index in [1.54, 1.807) is 0 Å². The molecule has 1 aliphatic carbocycles. The summed E-state index contributed by atoms with van der Waals surface area (Å²) in [5.74, 6) is 0.447. The average Bonchev–Trinajstić information content (AvgIpc) is 2.83. The summed E-state index contributed by atoms with van der Waals surface area (Å²) in [6.07, 6.45) is 4.49. The van der Waals surface area contributed by atoms with Crippen LogP contribution in [0, 0.1) is 0 Å². The fraction of sp³-hybridized carbons (Fsp3) is 0.222. The van der Waals surface area contributed by atoms with Gasteiger partial charge < -0.3 is 4.90 Å². The molecule has 2 aromatic carbocycles. The van der Waals surface area contributed by atoms with E-state index in [9.17, 15) is 0 Å². The van der Waals surface area contributed by atoms with Gasteiger partial charge in [0.25, 0.3) is 0 Å². The van der Waals surface area contributed by atoms with Crippen molar-refractivity contribution in [1.29, 1.82) is 0 Å². The largest absolute Gasteiger partial charge is 0.312 e. The van der Waals surface area contributed by atoms with Crippen LogP contribution in [0.5, 0.6) is 0 Å². The lowest BCUT2D eigenvalue weighted by Gasteiger charge is -2.10. The molecule has 0 spiro atoms.